The maximum absolute atomic E-state index is 10.4. The number of nitro benzene ring substituents is 1. The summed E-state index contributed by atoms with van der Waals surface area (Å²) in [6.07, 6.45) is 0. The van der Waals surface area contributed by atoms with Crippen LogP contribution in [-0.4, -0.2) is 22.4 Å². The molecule has 8 heteroatoms. The molecule has 86 valence electrons. The number of aliphatic hydroxyl groups excluding tert-OH is 1. The molecule has 0 heterocycles. The number of nitrogens with zero attached hydrogens (tertiary/aromatic N) is 1. The Bertz CT molecular complexity index is 385. The Balaban J connectivity index is 2.55. The van der Waals surface area contributed by atoms with Gasteiger partial charge in [-0.15, -0.1) is 0 Å². The average molecular weight is 294 g/mol. The molecule has 0 amide bonds. The van der Waals surface area contributed by atoms with Gasteiger partial charge in [0.05, 0.1) is 22.2 Å². The largest absolute Gasteiger partial charge is 0.395 e. The predicted molar refractivity (Wildman–Crippen MR) is 72.8 cm³/mol. The first-order chi connectivity index (χ1) is 7.63. The molecule has 1 rings (SSSR count). The quantitative estimate of drug-likeness (QED) is 0.494. The fraction of sp³-hybridized carbons (Fsp3) is 0.250. The molecule has 0 fully saturated rings. The molecule has 1 aromatic carbocycles. The fourth-order valence-corrected chi connectivity index (χ4v) is 6.67. The third kappa shape index (κ3) is 4.76. The van der Waals surface area contributed by atoms with Crippen molar-refractivity contribution in [1.82, 2.24) is 0 Å². The third-order valence-corrected chi connectivity index (χ3v) is 8.22. The standard InChI is InChI=1S/C8H9NO3PS3/c10-5-6-15-13(14)16-8-3-1-7(2-4-8)9(11)12/h1-4,10H,5-6H2/q+1. The Morgan fingerprint density at radius 3 is 2.56 bits per heavy atom. The van der Waals surface area contributed by atoms with Crippen LogP contribution in [0.1, 0.15) is 0 Å². The first kappa shape index (κ1) is 13.9. The van der Waals surface area contributed by atoms with E-state index in [2.05, 4.69) is 0 Å². The Morgan fingerprint density at radius 2 is 2.06 bits per heavy atom. The number of non-ortho nitro benzene ring substituents is 1. The van der Waals surface area contributed by atoms with E-state index in [4.69, 9.17) is 16.9 Å². The van der Waals surface area contributed by atoms with Crippen molar-refractivity contribution in [2.75, 3.05) is 12.4 Å². The van der Waals surface area contributed by atoms with Crippen molar-refractivity contribution in [3.63, 3.8) is 0 Å². The molecule has 0 saturated carbocycles. The molecule has 0 aliphatic heterocycles. The van der Waals surface area contributed by atoms with Crippen LogP contribution >= 0.6 is 27.9 Å². The molecule has 1 atom stereocenters. The van der Waals surface area contributed by atoms with Gasteiger partial charge in [0.15, 0.2) is 11.8 Å². The molecule has 4 nitrogen and oxygen atoms in total. The highest BCUT2D eigenvalue weighted by Crippen LogP contribution is 2.54. The van der Waals surface area contributed by atoms with Gasteiger partial charge in [0.2, 0.25) is 0 Å². The van der Waals surface area contributed by atoms with E-state index in [1.165, 1.54) is 23.5 Å². The lowest BCUT2D eigenvalue weighted by Crippen LogP contribution is -1.86. The van der Waals surface area contributed by atoms with Crippen molar-refractivity contribution in [1.29, 1.82) is 0 Å². The Labute approximate surface area is 107 Å². The van der Waals surface area contributed by atoms with E-state index in [1.807, 2.05) is 0 Å². The van der Waals surface area contributed by atoms with Crippen LogP contribution in [-0.2, 0) is 11.8 Å². The fourth-order valence-electron chi connectivity index (χ4n) is 0.856. The minimum atomic E-state index is -0.701. The highest BCUT2D eigenvalue weighted by atomic mass is 33.2. The summed E-state index contributed by atoms with van der Waals surface area (Å²) in [5.41, 5.74) is 0.0843. The monoisotopic (exact) mass is 294 g/mol. The summed E-state index contributed by atoms with van der Waals surface area (Å²) in [5, 5.41) is 18.4. The van der Waals surface area contributed by atoms with Crippen LogP contribution in [0.3, 0.4) is 0 Å². The molecule has 0 aliphatic carbocycles. The molecule has 1 N–H and O–H groups in total. The number of aliphatic hydroxyl groups is 1. The molecule has 0 aliphatic rings. The topological polar surface area (TPSA) is 63.4 Å². The number of hydrogen-bond acceptors (Lipinski definition) is 6. The van der Waals surface area contributed by atoms with Crippen LogP contribution in [0.4, 0.5) is 5.69 Å². The molecule has 1 aromatic rings. The van der Waals surface area contributed by atoms with Crippen molar-refractivity contribution < 1.29 is 10.0 Å². The Hall–Kier alpha value is -0.200. The molecular weight excluding hydrogens is 285 g/mol. The first-order valence-electron chi connectivity index (χ1n) is 4.27. The minimum absolute atomic E-state index is 0.0843. The number of nitro groups is 1. The second kappa shape index (κ2) is 7.19. The Kier molecular flexibility index (Phi) is 6.23. The van der Waals surface area contributed by atoms with E-state index < -0.39 is 10.0 Å². The van der Waals surface area contributed by atoms with Crippen molar-refractivity contribution >= 4 is 45.4 Å². The van der Waals surface area contributed by atoms with Gasteiger partial charge in [-0.05, 0) is 12.1 Å². The number of benzene rings is 1. The van der Waals surface area contributed by atoms with Crippen molar-refractivity contribution in [3.05, 3.63) is 34.4 Å². The van der Waals surface area contributed by atoms with Crippen LogP contribution in [0.2, 0.25) is 0 Å². The number of hydrogen-bond donors (Lipinski definition) is 1. The summed E-state index contributed by atoms with van der Waals surface area (Å²) in [6.45, 7) is 0.126. The zero-order chi connectivity index (χ0) is 12.0. The zero-order valence-electron chi connectivity index (χ0n) is 8.11. The summed E-state index contributed by atoms with van der Waals surface area (Å²) in [4.78, 5) is 10.9. The summed E-state index contributed by atoms with van der Waals surface area (Å²) in [6, 6.07) is 6.34. The van der Waals surface area contributed by atoms with Gasteiger partial charge in [0, 0.05) is 12.1 Å². The smallest absolute Gasteiger partial charge is 0.322 e. The highest BCUT2D eigenvalue weighted by molar-refractivity contribution is 8.94. The van der Waals surface area contributed by atoms with Crippen molar-refractivity contribution in [3.8, 4) is 0 Å². The maximum atomic E-state index is 10.4. The van der Waals surface area contributed by atoms with Crippen molar-refractivity contribution in [2.45, 2.75) is 4.90 Å². The molecule has 0 radical (unpaired) electrons. The number of rotatable bonds is 6. The lowest BCUT2D eigenvalue weighted by molar-refractivity contribution is -0.384. The molecular formula is C8H9NO3PS3+. The summed E-state index contributed by atoms with van der Waals surface area (Å²) < 4.78 is 0. The van der Waals surface area contributed by atoms with Crippen LogP contribution in [0.5, 0.6) is 0 Å². The second-order valence-electron chi connectivity index (χ2n) is 2.62. The van der Waals surface area contributed by atoms with Gasteiger partial charge in [-0.3, -0.25) is 10.1 Å². The molecule has 0 aromatic heterocycles. The van der Waals surface area contributed by atoms with Crippen LogP contribution in [0.15, 0.2) is 29.2 Å². The van der Waals surface area contributed by atoms with Gasteiger partial charge in [-0.1, -0.05) is 0 Å². The van der Waals surface area contributed by atoms with E-state index in [-0.39, 0.29) is 12.3 Å². The normalized spacial score (nSPS) is 11.2. The first-order valence-corrected chi connectivity index (χ1v) is 9.63. The van der Waals surface area contributed by atoms with E-state index in [0.717, 1.165) is 4.90 Å². The second-order valence-corrected chi connectivity index (χ2v) is 11.1. The van der Waals surface area contributed by atoms with Crippen LogP contribution in [0, 0.1) is 10.1 Å². The molecule has 1 unspecified atom stereocenters. The summed E-state index contributed by atoms with van der Waals surface area (Å²) >= 11 is 8.27. The van der Waals surface area contributed by atoms with Gasteiger partial charge >= 0.3 is 5.10 Å². The molecule has 0 spiro atoms. The molecule has 16 heavy (non-hydrogen) atoms. The molecule has 0 bridgehead atoms. The van der Waals surface area contributed by atoms with E-state index in [0.29, 0.717) is 5.75 Å². The van der Waals surface area contributed by atoms with E-state index >= 15 is 0 Å². The van der Waals surface area contributed by atoms with E-state index in [9.17, 15) is 10.1 Å². The van der Waals surface area contributed by atoms with Gasteiger partial charge in [-0.25, -0.2) is 0 Å². The SMILES string of the molecule is O=[N+]([O-])c1ccc(S[P+](=S)SCCO)cc1. The Morgan fingerprint density at radius 1 is 1.44 bits per heavy atom. The average Bonchev–Trinajstić information content (AvgIpc) is 2.27. The summed E-state index contributed by atoms with van der Waals surface area (Å²) in [7, 11) is 0. The van der Waals surface area contributed by atoms with Gasteiger partial charge in [-0.2, -0.15) is 0 Å². The van der Waals surface area contributed by atoms with Crippen molar-refractivity contribution in [2.24, 2.45) is 0 Å². The summed E-state index contributed by atoms with van der Waals surface area (Å²) in [5.74, 6) is 0.634. The predicted octanol–water partition coefficient (Wildman–Crippen LogP) is 3.19. The molecule has 0 saturated heterocycles. The van der Waals surface area contributed by atoms with Gasteiger partial charge < -0.3 is 5.11 Å². The lowest BCUT2D eigenvalue weighted by atomic mass is 10.3. The van der Waals surface area contributed by atoms with Gasteiger partial charge in [0.1, 0.15) is 22.8 Å². The van der Waals surface area contributed by atoms with Gasteiger partial charge in [0.25, 0.3) is 5.69 Å². The zero-order valence-corrected chi connectivity index (χ0v) is 11.5. The minimum Gasteiger partial charge on any atom is -0.395 e. The van der Waals surface area contributed by atoms with Crippen LogP contribution < -0.4 is 0 Å². The maximum Gasteiger partial charge on any atom is 0.322 e. The third-order valence-electron chi connectivity index (χ3n) is 1.52. The van der Waals surface area contributed by atoms with E-state index in [1.54, 1.807) is 23.5 Å². The van der Waals surface area contributed by atoms with Crippen LogP contribution in [0.25, 0.3) is 0 Å². The lowest BCUT2D eigenvalue weighted by Gasteiger charge is -1.92. The highest BCUT2D eigenvalue weighted by Gasteiger charge is 2.16.